The van der Waals surface area contributed by atoms with E-state index >= 15 is 0 Å². The number of benzene rings is 5. The smallest absolute Gasteiger partial charge is 0.0646 e. The van der Waals surface area contributed by atoms with Crippen LogP contribution >= 0.6 is 22.9 Å². The number of fused-ring (bicyclic) bond motifs is 6. The average Bonchev–Trinajstić information content (AvgIpc) is 3.36. The van der Waals surface area contributed by atoms with Crippen molar-refractivity contribution >= 4 is 66.5 Å². The highest BCUT2D eigenvalue weighted by Gasteiger charge is 2.14. The minimum atomic E-state index is 1.18. The highest BCUT2D eigenvalue weighted by molar-refractivity contribution is 14.1. The molecule has 2 heterocycles. The Balaban J connectivity index is 1.50. The van der Waals surface area contributed by atoms with Crippen LogP contribution in [0.5, 0.6) is 0 Å². The van der Waals surface area contributed by atoms with Gasteiger partial charge in [-0.25, -0.2) is 0 Å². The summed E-state index contributed by atoms with van der Waals surface area (Å²) in [6, 6.07) is 41.6. The molecule has 7 aromatic rings. The summed E-state index contributed by atoms with van der Waals surface area (Å²) in [5.41, 5.74) is 8.61. The molecule has 156 valence electrons. The van der Waals surface area contributed by atoms with Crippen molar-refractivity contribution in [3.63, 3.8) is 0 Å². The molecule has 0 saturated carbocycles. The van der Waals surface area contributed by atoms with E-state index < -0.39 is 0 Å². The third-order valence-corrected chi connectivity index (χ3v) is 7.68. The number of hydrogen-bond acceptors (Lipinski definition) is 0. The Morgan fingerprint density at radius 2 is 0.939 bits per heavy atom. The van der Waals surface area contributed by atoms with Crippen molar-refractivity contribution in [3.8, 4) is 16.8 Å². The number of halogens is 1. The van der Waals surface area contributed by atoms with Gasteiger partial charge in [0, 0.05) is 27.2 Å². The van der Waals surface area contributed by atoms with Gasteiger partial charge >= 0.3 is 0 Å². The van der Waals surface area contributed by atoms with Crippen LogP contribution in [0.3, 0.4) is 0 Å². The van der Waals surface area contributed by atoms with Crippen LogP contribution in [0.4, 0.5) is 0 Å². The quantitative estimate of drug-likeness (QED) is 0.196. The van der Waals surface area contributed by atoms with E-state index in [4.69, 9.17) is 0 Å². The first-order valence-corrected chi connectivity index (χ1v) is 12.0. The van der Waals surface area contributed by atoms with Gasteiger partial charge in [-0.3, -0.25) is 2.78 Å². The monoisotopic (exact) mass is 534 g/mol. The van der Waals surface area contributed by atoms with Crippen LogP contribution in [0, 0.1) is 0 Å². The molecule has 0 N–H and O–H groups in total. The largest absolute Gasteiger partial charge is 0.309 e. The Kier molecular flexibility index (Phi) is 4.15. The van der Waals surface area contributed by atoms with Crippen LogP contribution < -0.4 is 0 Å². The summed E-state index contributed by atoms with van der Waals surface area (Å²) in [5, 5.41) is 5.16. The summed E-state index contributed by atoms with van der Waals surface area (Å²) < 4.78 is 4.65. The zero-order chi connectivity index (χ0) is 21.9. The molecule has 0 atom stereocenters. The van der Waals surface area contributed by atoms with Crippen molar-refractivity contribution in [3.05, 3.63) is 115 Å². The van der Waals surface area contributed by atoms with Gasteiger partial charge in [0.25, 0.3) is 0 Å². The van der Waals surface area contributed by atoms with Crippen LogP contribution in [0.2, 0.25) is 0 Å². The average molecular weight is 534 g/mol. The summed E-state index contributed by atoms with van der Waals surface area (Å²) >= 11 is 2.42. The standard InChI is InChI=1S/C30H19IN2/c31-33-28-13-7-5-11-24(28)26-17-15-21(19-30(26)33)20-14-16-25-23-10-4-6-12-27(23)32(29(25)18-20)22-8-2-1-3-9-22/h1-19H. The highest BCUT2D eigenvalue weighted by Crippen LogP contribution is 2.37. The van der Waals surface area contributed by atoms with E-state index in [1.807, 2.05) is 0 Å². The topological polar surface area (TPSA) is 9.86 Å². The molecule has 0 fully saturated rings. The summed E-state index contributed by atoms with van der Waals surface area (Å²) in [4.78, 5) is 0. The van der Waals surface area contributed by atoms with Gasteiger partial charge in [0.15, 0.2) is 0 Å². The lowest BCUT2D eigenvalue weighted by Gasteiger charge is -2.09. The maximum Gasteiger partial charge on any atom is 0.0646 e. The summed E-state index contributed by atoms with van der Waals surface area (Å²) in [7, 11) is 0. The van der Waals surface area contributed by atoms with E-state index in [1.54, 1.807) is 0 Å². The van der Waals surface area contributed by atoms with Gasteiger partial charge in [0.05, 0.1) is 44.9 Å². The Bertz CT molecular complexity index is 1820. The molecule has 7 rings (SSSR count). The second-order valence-corrected chi connectivity index (χ2v) is 9.41. The lowest BCUT2D eigenvalue weighted by Crippen LogP contribution is -1.93. The van der Waals surface area contributed by atoms with Crippen LogP contribution in [-0.4, -0.2) is 7.35 Å². The molecule has 5 aromatic carbocycles. The normalized spacial score (nSPS) is 11.8. The second kappa shape index (κ2) is 7.22. The molecular formula is C30H19IN2. The zero-order valence-corrected chi connectivity index (χ0v) is 19.9. The van der Waals surface area contributed by atoms with Crippen molar-refractivity contribution in [2.45, 2.75) is 0 Å². The van der Waals surface area contributed by atoms with Crippen molar-refractivity contribution < 1.29 is 0 Å². The fourth-order valence-corrected chi connectivity index (χ4v) is 5.93. The Hall–Kier alpha value is -3.57. The first kappa shape index (κ1) is 18.9. The summed E-state index contributed by atoms with van der Waals surface area (Å²) in [5.74, 6) is 0. The van der Waals surface area contributed by atoms with Crippen LogP contribution in [0.15, 0.2) is 115 Å². The van der Waals surface area contributed by atoms with Crippen molar-refractivity contribution in [2.24, 2.45) is 0 Å². The molecule has 0 unspecified atom stereocenters. The first-order chi connectivity index (χ1) is 16.3. The molecule has 2 nitrogen and oxygen atoms in total. The lowest BCUT2D eigenvalue weighted by molar-refractivity contribution is 1.18. The molecule has 0 amide bonds. The van der Waals surface area contributed by atoms with Crippen LogP contribution in [0.25, 0.3) is 60.4 Å². The van der Waals surface area contributed by atoms with Gasteiger partial charge in [-0.2, -0.15) is 0 Å². The minimum absolute atomic E-state index is 1.18. The van der Waals surface area contributed by atoms with Gasteiger partial charge in [-0.15, -0.1) is 0 Å². The minimum Gasteiger partial charge on any atom is -0.309 e. The van der Waals surface area contributed by atoms with Gasteiger partial charge < -0.3 is 4.57 Å². The molecule has 0 aliphatic rings. The van der Waals surface area contributed by atoms with Gasteiger partial charge in [0.2, 0.25) is 0 Å². The van der Waals surface area contributed by atoms with Gasteiger partial charge in [-0.1, -0.05) is 78.9 Å². The number of aromatic nitrogens is 2. The SMILES string of the molecule is In1c2ccccc2c2ccc(-c3ccc4c5ccccc5n(-c5ccccc5)c4c3)cc21. The van der Waals surface area contributed by atoms with Crippen LogP contribution in [0.1, 0.15) is 0 Å². The van der Waals surface area contributed by atoms with E-state index in [0.29, 0.717) is 0 Å². The summed E-state index contributed by atoms with van der Waals surface area (Å²) in [6.45, 7) is 0. The Morgan fingerprint density at radius 1 is 0.424 bits per heavy atom. The van der Waals surface area contributed by atoms with E-state index in [-0.39, 0.29) is 0 Å². The van der Waals surface area contributed by atoms with Crippen LogP contribution in [-0.2, 0) is 0 Å². The fraction of sp³-hybridized carbons (Fsp3) is 0. The van der Waals surface area contributed by atoms with Crippen molar-refractivity contribution in [1.29, 1.82) is 0 Å². The predicted octanol–water partition coefficient (Wildman–Crippen LogP) is 8.76. The Morgan fingerprint density at radius 3 is 1.67 bits per heavy atom. The third-order valence-electron chi connectivity index (χ3n) is 6.64. The highest BCUT2D eigenvalue weighted by atomic mass is 127. The molecule has 33 heavy (non-hydrogen) atoms. The number of hydrogen-bond donors (Lipinski definition) is 0. The number of para-hydroxylation sites is 3. The maximum atomic E-state index is 2.42. The van der Waals surface area contributed by atoms with Crippen molar-refractivity contribution in [1.82, 2.24) is 7.35 Å². The second-order valence-electron chi connectivity index (χ2n) is 8.45. The third kappa shape index (κ3) is 2.79. The zero-order valence-electron chi connectivity index (χ0n) is 17.7. The first-order valence-electron chi connectivity index (χ1n) is 11.1. The molecule has 0 spiro atoms. The maximum absolute atomic E-state index is 2.42. The molecule has 0 aliphatic carbocycles. The van der Waals surface area contributed by atoms with E-state index in [9.17, 15) is 0 Å². The molecule has 3 heteroatoms. The van der Waals surface area contributed by atoms with E-state index in [1.165, 1.54) is 60.4 Å². The van der Waals surface area contributed by atoms with E-state index in [0.717, 1.165) is 0 Å². The molecule has 2 aromatic heterocycles. The molecular weight excluding hydrogens is 515 g/mol. The predicted molar refractivity (Wildman–Crippen MR) is 149 cm³/mol. The van der Waals surface area contributed by atoms with Gasteiger partial charge in [0.1, 0.15) is 0 Å². The van der Waals surface area contributed by atoms with E-state index in [2.05, 4.69) is 145 Å². The molecule has 0 bridgehead atoms. The lowest BCUT2D eigenvalue weighted by atomic mass is 10.0. The summed E-state index contributed by atoms with van der Waals surface area (Å²) in [6.07, 6.45) is 0. The van der Waals surface area contributed by atoms with Crippen molar-refractivity contribution in [2.75, 3.05) is 0 Å². The van der Waals surface area contributed by atoms with Gasteiger partial charge in [-0.05, 0) is 47.5 Å². The molecule has 0 aliphatic heterocycles. The fourth-order valence-electron chi connectivity index (χ4n) is 5.11. The molecule has 0 saturated heterocycles. The number of rotatable bonds is 2. The Labute approximate surface area is 205 Å². The molecule has 0 radical (unpaired) electrons. The number of nitrogens with zero attached hydrogens (tertiary/aromatic N) is 2.